The third-order valence-corrected chi connectivity index (χ3v) is 2.19. The lowest BCUT2D eigenvalue weighted by Gasteiger charge is -2.33. The second-order valence-electron chi connectivity index (χ2n) is 3.21. The fourth-order valence-electron chi connectivity index (χ4n) is 1.44. The Morgan fingerprint density at radius 1 is 1.46 bits per heavy atom. The summed E-state index contributed by atoms with van der Waals surface area (Å²) in [5, 5.41) is 13.4. The Morgan fingerprint density at radius 2 is 2.08 bits per heavy atom. The van der Waals surface area contributed by atoms with Gasteiger partial charge in [-0.1, -0.05) is 0 Å². The van der Waals surface area contributed by atoms with E-state index in [1.54, 1.807) is 0 Å². The van der Waals surface area contributed by atoms with Crippen LogP contribution in [0.4, 0.5) is 4.79 Å². The lowest BCUT2D eigenvalue weighted by Crippen LogP contribution is -2.49. The van der Waals surface area contributed by atoms with Gasteiger partial charge < -0.3 is 15.7 Å². The van der Waals surface area contributed by atoms with Crippen molar-refractivity contribution in [2.45, 2.75) is 25.8 Å². The van der Waals surface area contributed by atoms with Crippen LogP contribution in [0, 0.1) is 5.92 Å². The van der Waals surface area contributed by atoms with Crippen molar-refractivity contribution >= 4 is 12.0 Å². The molecule has 0 aromatic heterocycles. The summed E-state index contributed by atoms with van der Waals surface area (Å²) in [6.45, 7) is 2.50. The van der Waals surface area contributed by atoms with Crippen LogP contribution in [-0.2, 0) is 4.79 Å². The molecule has 13 heavy (non-hydrogen) atoms. The summed E-state index contributed by atoms with van der Waals surface area (Å²) in [4.78, 5) is 21.4. The molecule has 0 saturated heterocycles. The number of amides is 2. The number of carboxylic acid groups (broad SMARTS) is 1. The zero-order valence-corrected chi connectivity index (χ0v) is 7.54. The van der Waals surface area contributed by atoms with Gasteiger partial charge in [-0.2, -0.15) is 0 Å². The Balaban J connectivity index is 2.17. The van der Waals surface area contributed by atoms with Crippen LogP contribution in [-0.4, -0.2) is 29.7 Å². The van der Waals surface area contributed by atoms with Gasteiger partial charge in [0, 0.05) is 18.5 Å². The van der Waals surface area contributed by atoms with Crippen molar-refractivity contribution in [2.24, 2.45) is 5.92 Å². The van der Waals surface area contributed by atoms with E-state index < -0.39 is 6.09 Å². The largest absolute Gasteiger partial charge is 0.465 e. The molecule has 1 aliphatic rings. The number of nitrogens with one attached hydrogen (secondary N) is 2. The minimum atomic E-state index is -1.01. The minimum absolute atomic E-state index is 0.00296. The van der Waals surface area contributed by atoms with E-state index in [-0.39, 0.29) is 17.9 Å². The summed E-state index contributed by atoms with van der Waals surface area (Å²) in [5.74, 6) is 0.0303. The van der Waals surface area contributed by atoms with Gasteiger partial charge in [0.05, 0.1) is 0 Å². The number of hydrogen-bond acceptors (Lipinski definition) is 2. The number of rotatable bonds is 3. The molecule has 0 bridgehead atoms. The first kappa shape index (κ1) is 9.83. The van der Waals surface area contributed by atoms with Crippen LogP contribution >= 0.6 is 0 Å². The molecule has 0 atom stereocenters. The van der Waals surface area contributed by atoms with E-state index in [0.29, 0.717) is 19.4 Å². The smallest absolute Gasteiger partial charge is 0.404 e. The highest BCUT2D eigenvalue weighted by atomic mass is 16.4. The molecule has 5 nitrogen and oxygen atoms in total. The van der Waals surface area contributed by atoms with Crippen LogP contribution in [0.5, 0.6) is 0 Å². The van der Waals surface area contributed by atoms with E-state index in [4.69, 9.17) is 5.11 Å². The van der Waals surface area contributed by atoms with E-state index >= 15 is 0 Å². The average molecular weight is 186 g/mol. The molecule has 0 radical (unpaired) electrons. The monoisotopic (exact) mass is 186 g/mol. The molecule has 2 amide bonds. The average Bonchev–Trinajstić information content (AvgIpc) is 1.95. The van der Waals surface area contributed by atoms with E-state index in [1.807, 2.05) is 6.92 Å². The quantitative estimate of drug-likeness (QED) is 0.587. The van der Waals surface area contributed by atoms with Crippen molar-refractivity contribution in [3.63, 3.8) is 0 Å². The molecule has 0 aromatic rings. The highest BCUT2D eigenvalue weighted by Crippen LogP contribution is 2.27. The van der Waals surface area contributed by atoms with Crippen molar-refractivity contribution in [1.29, 1.82) is 0 Å². The molecule has 5 heteroatoms. The first-order valence-corrected chi connectivity index (χ1v) is 4.40. The molecule has 3 N–H and O–H groups in total. The molecule has 0 heterocycles. The van der Waals surface area contributed by atoms with Crippen molar-refractivity contribution in [3.8, 4) is 0 Å². The standard InChI is InChI=1S/C8H14N2O3/c1-2-9-7(11)5-3-6(4-5)10-8(12)13/h5-6,10H,2-4H2,1H3,(H,9,11)(H,12,13)/t5-,6-. The van der Waals surface area contributed by atoms with Crippen LogP contribution in [0.15, 0.2) is 0 Å². The molecule has 0 unspecified atom stereocenters. The zero-order valence-electron chi connectivity index (χ0n) is 7.54. The molecular formula is C8H14N2O3. The van der Waals surface area contributed by atoms with Crippen molar-refractivity contribution in [3.05, 3.63) is 0 Å². The van der Waals surface area contributed by atoms with Crippen LogP contribution < -0.4 is 10.6 Å². The third-order valence-electron chi connectivity index (χ3n) is 2.19. The molecule has 0 aromatic carbocycles. The minimum Gasteiger partial charge on any atom is -0.465 e. The van der Waals surface area contributed by atoms with Crippen molar-refractivity contribution < 1.29 is 14.7 Å². The maximum absolute atomic E-state index is 11.2. The van der Waals surface area contributed by atoms with E-state index in [9.17, 15) is 9.59 Å². The van der Waals surface area contributed by atoms with Crippen LogP contribution in [0.25, 0.3) is 0 Å². The Bertz CT molecular complexity index is 211. The van der Waals surface area contributed by atoms with Gasteiger partial charge in [0.25, 0.3) is 0 Å². The van der Waals surface area contributed by atoms with Gasteiger partial charge in [-0.3, -0.25) is 4.79 Å². The third kappa shape index (κ3) is 2.61. The Hall–Kier alpha value is -1.26. The lowest BCUT2D eigenvalue weighted by molar-refractivity contribution is -0.128. The Labute approximate surface area is 76.5 Å². The predicted octanol–water partition coefficient (Wildman–Crippen LogP) is 0.169. The van der Waals surface area contributed by atoms with Gasteiger partial charge in [-0.25, -0.2) is 4.79 Å². The first-order chi connectivity index (χ1) is 6.13. The second kappa shape index (κ2) is 4.11. The number of hydrogen-bond donors (Lipinski definition) is 3. The second-order valence-corrected chi connectivity index (χ2v) is 3.21. The van der Waals surface area contributed by atoms with E-state index in [1.165, 1.54) is 0 Å². The highest BCUT2D eigenvalue weighted by molar-refractivity contribution is 5.80. The lowest BCUT2D eigenvalue weighted by atomic mass is 9.80. The van der Waals surface area contributed by atoms with Crippen LogP contribution in [0.2, 0.25) is 0 Å². The van der Waals surface area contributed by atoms with Crippen molar-refractivity contribution in [1.82, 2.24) is 10.6 Å². The van der Waals surface area contributed by atoms with E-state index in [2.05, 4.69) is 10.6 Å². The van der Waals surface area contributed by atoms with E-state index in [0.717, 1.165) is 0 Å². The van der Waals surface area contributed by atoms with Gasteiger partial charge in [0.15, 0.2) is 0 Å². The van der Waals surface area contributed by atoms with Crippen LogP contribution in [0.1, 0.15) is 19.8 Å². The summed E-state index contributed by atoms with van der Waals surface area (Å²) < 4.78 is 0. The first-order valence-electron chi connectivity index (χ1n) is 4.40. The van der Waals surface area contributed by atoms with Gasteiger partial charge in [-0.05, 0) is 19.8 Å². The molecule has 1 rings (SSSR count). The van der Waals surface area contributed by atoms with Gasteiger partial charge in [0.2, 0.25) is 5.91 Å². The Morgan fingerprint density at radius 3 is 2.54 bits per heavy atom. The maximum atomic E-state index is 11.2. The normalized spacial score (nSPS) is 25.9. The summed E-state index contributed by atoms with van der Waals surface area (Å²) in [6.07, 6.45) is 0.232. The molecule has 1 fully saturated rings. The topological polar surface area (TPSA) is 78.4 Å². The predicted molar refractivity (Wildman–Crippen MR) is 46.4 cm³/mol. The fourth-order valence-corrected chi connectivity index (χ4v) is 1.44. The number of carbonyl (C=O) groups excluding carboxylic acids is 1. The SMILES string of the molecule is CCNC(=O)[C@H]1C[C@H](NC(=O)O)C1. The Kier molecular flexibility index (Phi) is 3.11. The fraction of sp³-hybridized carbons (Fsp3) is 0.750. The number of carbonyl (C=O) groups is 2. The molecule has 74 valence electrons. The summed E-state index contributed by atoms with van der Waals surface area (Å²) in [5.41, 5.74) is 0. The van der Waals surface area contributed by atoms with Crippen LogP contribution in [0.3, 0.4) is 0 Å². The van der Waals surface area contributed by atoms with Gasteiger partial charge in [0.1, 0.15) is 0 Å². The highest BCUT2D eigenvalue weighted by Gasteiger charge is 2.34. The zero-order chi connectivity index (χ0) is 9.84. The summed E-state index contributed by atoms with van der Waals surface area (Å²) in [6, 6.07) is -0.0369. The molecule has 1 aliphatic carbocycles. The van der Waals surface area contributed by atoms with Gasteiger partial charge >= 0.3 is 6.09 Å². The molecular weight excluding hydrogens is 172 g/mol. The van der Waals surface area contributed by atoms with Gasteiger partial charge in [-0.15, -0.1) is 0 Å². The molecule has 0 spiro atoms. The molecule has 0 aliphatic heterocycles. The maximum Gasteiger partial charge on any atom is 0.404 e. The summed E-state index contributed by atoms with van der Waals surface area (Å²) >= 11 is 0. The van der Waals surface area contributed by atoms with Crippen molar-refractivity contribution in [2.75, 3.05) is 6.54 Å². The summed E-state index contributed by atoms with van der Waals surface area (Å²) in [7, 11) is 0. The molecule has 1 saturated carbocycles.